The molecule has 0 amide bonds. The van der Waals surface area contributed by atoms with Crippen molar-refractivity contribution in [2.45, 2.75) is 13.3 Å². The van der Waals surface area contributed by atoms with E-state index in [9.17, 15) is 4.79 Å². The van der Waals surface area contributed by atoms with Crippen molar-refractivity contribution in [1.29, 1.82) is 0 Å². The van der Waals surface area contributed by atoms with E-state index in [1.165, 1.54) is 0 Å². The number of halogens is 1. The predicted molar refractivity (Wildman–Crippen MR) is 61.7 cm³/mol. The van der Waals surface area contributed by atoms with Crippen molar-refractivity contribution < 1.29 is 9.21 Å². The highest BCUT2D eigenvalue weighted by atomic mass is 35.5. The average molecular weight is 236 g/mol. The van der Waals surface area contributed by atoms with Crippen LogP contribution in [-0.4, -0.2) is 11.3 Å². The first-order chi connectivity index (χ1) is 7.76. The number of carbonyl (C=O) groups is 1. The van der Waals surface area contributed by atoms with Crippen LogP contribution in [0.5, 0.6) is 0 Å². The van der Waals surface area contributed by atoms with Crippen LogP contribution in [0.25, 0.3) is 11.5 Å². The fourth-order valence-corrected chi connectivity index (χ4v) is 1.68. The third-order valence-electron chi connectivity index (χ3n) is 2.27. The highest BCUT2D eigenvalue weighted by Gasteiger charge is 2.14. The Morgan fingerprint density at radius 1 is 1.44 bits per heavy atom. The lowest BCUT2D eigenvalue weighted by atomic mass is 10.2. The number of rotatable bonds is 3. The van der Waals surface area contributed by atoms with Crippen LogP contribution in [0.4, 0.5) is 0 Å². The Balaban J connectivity index is 2.53. The molecule has 0 aliphatic heterocycles. The second kappa shape index (κ2) is 4.49. The maximum Gasteiger partial charge on any atom is 0.228 e. The number of aldehydes is 1. The second-order valence-electron chi connectivity index (χ2n) is 3.28. The summed E-state index contributed by atoms with van der Waals surface area (Å²) < 4.78 is 5.36. The maximum absolute atomic E-state index is 10.7. The van der Waals surface area contributed by atoms with Crippen molar-refractivity contribution >= 4 is 17.9 Å². The number of hydrogen-bond donors (Lipinski definition) is 0. The molecule has 0 spiro atoms. The van der Waals surface area contributed by atoms with E-state index in [0.717, 1.165) is 0 Å². The minimum atomic E-state index is 0.275. The van der Waals surface area contributed by atoms with Gasteiger partial charge in [0, 0.05) is 0 Å². The monoisotopic (exact) mass is 235 g/mol. The fourth-order valence-electron chi connectivity index (χ4n) is 1.46. The van der Waals surface area contributed by atoms with Crippen LogP contribution >= 0.6 is 11.6 Å². The van der Waals surface area contributed by atoms with Gasteiger partial charge in [0.1, 0.15) is 0 Å². The topological polar surface area (TPSA) is 43.1 Å². The van der Waals surface area contributed by atoms with Gasteiger partial charge in [-0.2, -0.15) is 0 Å². The van der Waals surface area contributed by atoms with E-state index >= 15 is 0 Å². The molecule has 0 unspecified atom stereocenters. The number of oxazole rings is 1. The minimum Gasteiger partial charge on any atom is -0.433 e. The number of nitrogens with zero attached hydrogens (tertiary/aromatic N) is 1. The van der Waals surface area contributed by atoms with Crippen molar-refractivity contribution in [3.63, 3.8) is 0 Å². The van der Waals surface area contributed by atoms with Gasteiger partial charge in [0.15, 0.2) is 12.0 Å². The molecular formula is C12H10ClNO2. The smallest absolute Gasteiger partial charge is 0.228 e. The molecule has 0 N–H and O–H groups in total. The first kappa shape index (κ1) is 10.9. The van der Waals surface area contributed by atoms with Crippen LogP contribution in [0, 0.1) is 0 Å². The van der Waals surface area contributed by atoms with Gasteiger partial charge in [0.2, 0.25) is 5.89 Å². The summed E-state index contributed by atoms with van der Waals surface area (Å²) in [6, 6.07) is 7.24. The predicted octanol–water partition coefficient (Wildman–Crippen LogP) is 3.37. The Morgan fingerprint density at radius 3 is 2.75 bits per heavy atom. The molecule has 2 rings (SSSR count). The summed E-state index contributed by atoms with van der Waals surface area (Å²) in [5.41, 5.74) is 1.36. The summed E-state index contributed by atoms with van der Waals surface area (Å²) in [6.07, 6.45) is 1.33. The van der Waals surface area contributed by atoms with E-state index < -0.39 is 0 Å². The van der Waals surface area contributed by atoms with Crippen LogP contribution in [0.2, 0.25) is 5.02 Å². The quantitative estimate of drug-likeness (QED) is 0.766. The normalized spacial score (nSPS) is 10.4. The van der Waals surface area contributed by atoms with Crippen molar-refractivity contribution in [3.8, 4) is 11.5 Å². The molecule has 3 nitrogen and oxygen atoms in total. The first-order valence-electron chi connectivity index (χ1n) is 4.96. The lowest BCUT2D eigenvalue weighted by Gasteiger charge is -1.96. The second-order valence-corrected chi connectivity index (χ2v) is 3.69. The van der Waals surface area contributed by atoms with Crippen LogP contribution in [0.15, 0.2) is 28.7 Å². The SMILES string of the molecule is CCc1nc(-c2ccccc2Cl)oc1C=O. The molecule has 0 bridgehead atoms. The van der Waals surface area contributed by atoms with Crippen molar-refractivity contribution in [3.05, 3.63) is 40.7 Å². The zero-order chi connectivity index (χ0) is 11.5. The minimum absolute atomic E-state index is 0.275. The third kappa shape index (κ3) is 1.86. The molecule has 4 heteroatoms. The van der Waals surface area contributed by atoms with Crippen molar-refractivity contribution in [2.24, 2.45) is 0 Å². The largest absolute Gasteiger partial charge is 0.433 e. The van der Waals surface area contributed by atoms with Crippen LogP contribution < -0.4 is 0 Å². The van der Waals surface area contributed by atoms with Gasteiger partial charge in [-0.25, -0.2) is 4.98 Å². The molecule has 0 aliphatic carbocycles. The van der Waals surface area contributed by atoms with E-state index in [0.29, 0.717) is 34.9 Å². The lowest BCUT2D eigenvalue weighted by Crippen LogP contribution is -1.85. The van der Waals surface area contributed by atoms with Gasteiger partial charge in [0.25, 0.3) is 0 Å². The Morgan fingerprint density at radius 2 is 2.19 bits per heavy atom. The molecule has 0 atom stereocenters. The summed E-state index contributed by atoms with van der Waals surface area (Å²) in [5, 5.41) is 0.559. The van der Waals surface area contributed by atoms with Crippen LogP contribution in [0.3, 0.4) is 0 Å². The molecule has 0 saturated carbocycles. The summed E-state index contributed by atoms with van der Waals surface area (Å²) in [7, 11) is 0. The molecule has 0 saturated heterocycles. The van der Waals surface area contributed by atoms with Gasteiger partial charge in [-0.3, -0.25) is 4.79 Å². The van der Waals surface area contributed by atoms with Gasteiger partial charge in [-0.05, 0) is 18.6 Å². The van der Waals surface area contributed by atoms with E-state index in [4.69, 9.17) is 16.0 Å². The standard InChI is InChI=1S/C12H10ClNO2/c1-2-10-11(7-15)16-12(14-10)8-5-3-4-6-9(8)13/h3-7H,2H2,1H3. The van der Waals surface area contributed by atoms with Crippen LogP contribution in [-0.2, 0) is 6.42 Å². The van der Waals surface area contributed by atoms with E-state index in [1.54, 1.807) is 6.07 Å². The molecule has 1 heterocycles. The highest BCUT2D eigenvalue weighted by molar-refractivity contribution is 6.33. The number of hydrogen-bond acceptors (Lipinski definition) is 3. The van der Waals surface area contributed by atoms with Crippen LogP contribution in [0.1, 0.15) is 23.2 Å². The Bertz CT molecular complexity index is 519. The van der Waals surface area contributed by atoms with Gasteiger partial charge in [-0.15, -0.1) is 0 Å². The average Bonchev–Trinajstić information content (AvgIpc) is 2.72. The van der Waals surface area contributed by atoms with Gasteiger partial charge in [-0.1, -0.05) is 30.7 Å². The van der Waals surface area contributed by atoms with E-state index in [-0.39, 0.29) is 5.76 Å². The first-order valence-corrected chi connectivity index (χ1v) is 5.33. The molecule has 0 radical (unpaired) electrons. The number of carbonyl (C=O) groups excluding carboxylic acids is 1. The number of benzene rings is 1. The summed E-state index contributed by atoms with van der Waals surface area (Å²) in [6.45, 7) is 1.92. The van der Waals surface area contributed by atoms with Crippen molar-refractivity contribution in [2.75, 3.05) is 0 Å². The third-order valence-corrected chi connectivity index (χ3v) is 2.60. The molecule has 1 aromatic heterocycles. The molecule has 0 fully saturated rings. The summed E-state index contributed by atoms with van der Waals surface area (Å²) >= 11 is 6.02. The molecular weight excluding hydrogens is 226 g/mol. The highest BCUT2D eigenvalue weighted by Crippen LogP contribution is 2.28. The van der Waals surface area contributed by atoms with E-state index in [1.807, 2.05) is 25.1 Å². The molecule has 2 aromatic rings. The van der Waals surface area contributed by atoms with Crippen molar-refractivity contribution in [1.82, 2.24) is 4.98 Å². The van der Waals surface area contributed by atoms with Gasteiger partial charge >= 0.3 is 0 Å². The Hall–Kier alpha value is -1.61. The molecule has 0 aliphatic rings. The summed E-state index contributed by atoms with van der Waals surface area (Å²) in [5.74, 6) is 0.668. The van der Waals surface area contributed by atoms with E-state index in [2.05, 4.69) is 4.98 Å². The summed E-state index contributed by atoms with van der Waals surface area (Å²) in [4.78, 5) is 15.0. The maximum atomic E-state index is 10.7. The van der Waals surface area contributed by atoms with Gasteiger partial charge < -0.3 is 4.42 Å². The molecule has 1 aromatic carbocycles. The zero-order valence-corrected chi connectivity index (χ0v) is 9.49. The number of aryl methyl sites for hydroxylation is 1. The fraction of sp³-hybridized carbons (Fsp3) is 0.167. The lowest BCUT2D eigenvalue weighted by molar-refractivity contribution is 0.110. The Kier molecular flexibility index (Phi) is 3.06. The van der Waals surface area contributed by atoms with Gasteiger partial charge in [0.05, 0.1) is 16.3 Å². The molecule has 82 valence electrons. The number of aromatic nitrogens is 1. The molecule has 16 heavy (non-hydrogen) atoms. The zero-order valence-electron chi connectivity index (χ0n) is 8.74. The Labute approximate surface area is 98.1 Å².